The van der Waals surface area contributed by atoms with Crippen molar-refractivity contribution in [1.82, 2.24) is 15.5 Å². The normalized spacial score (nSPS) is 15.5. The molecule has 1 saturated carbocycles. The molecule has 0 aliphatic heterocycles. The topological polar surface area (TPSA) is 108 Å². The number of aromatic hydroxyl groups is 1. The van der Waals surface area contributed by atoms with Gasteiger partial charge in [0.25, 0.3) is 0 Å². The third-order valence-electron chi connectivity index (χ3n) is 4.84. The number of alkyl carbamates (subject to hydrolysis) is 1. The standard InChI is InChI=1S/C23H35N3O5/c1-6-7-13-24-20(28)19(16-9-8-10-18(27)14-16)26(17-11-12-17)21(29)15(2)25-22(30)31-23(3,4)5/h8-10,14-15,17,19,27H,6-7,11-13H2,1-5H3,(H,24,28)(H,25,30). The zero-order chi connectivity index (χ0) is 23.2. The van der Waals surface area contributed by atoms with Gasteiger partial charge in [-0.2, -0.15) is 0 Å². The zero-order valence-corrected chi connectivity index (χ0v) is 19.1. The Labute approximate surface area is 184 Å². The predicted molar refractivity (Wildman–Crippen MR) is 117 cm³/mol. The molecule has 3 N–H and O–H groups in total. The molecule has 1 aromatic carbocycles. The van der Waals surface area contributed by atoms with E-state index >= 15 is 0 Å². The molecule has 1 aliphatic rings. The average Bonchev–Trinajstić information content (AvgIpc) is 3.48. The maximum atomic E-state index is 13.4. The number of nitrogens with one attached hydrogen (secondary N) is 2. The fraction of sp³-hybridized carbons (Fsp3) is 0.609. The van der Waals surface area contributed by atoms with Crippen LogP contribution in [0, 0.1) is 0 Å². The Hall–Kier alpha value is -2.77. The van der Waals surface area contributed by atoms with Gasteiger partial charge in [0.2, 0.25) is 11.8 Å². The molecule has 1 aromatic rings. The van der Waals surface area contributed by atoms with Gasteiger partial charge in [0, 0.05) is 12.6 Å². The number of amides is 3. The number of phenolic OH excluding ortho intramolecular Hbond substituents is 1. The summed E-state index contributed by atoms with van der Waals surface area (Å²) in [5, 5.41) is 15.4. The van der Waals surface area contributed by atoms with E-state index in [9.17, 15) is 19.5 Å². The van der Waals surface area contributed by atoms with Crippen LogP contribution in [0.3, 0.4) is 0 Å². The largest absolute Gasteiger partial charge is 0.508 e. The van der Waals surface area contributed by atoms with E-state index in [-0.39, 0.29) is 23.6 Å². The molecule has 0 heterocycles. The van der Waals surface area contributed by atoms with E-state index in [2.05, 4.69) is 10.6 Å². The van der Waals surface area contributed by atoms with Crippen molar-refractivity contribution in [3.8, 4) is 5.75 Å². The van der Waals surface area contributed by atoms with Gasteiger partial charge in [-0.1, -0.05) is 25.5 Å². The molecule has 3 amide bonds. The van der Waals surface area contributed by atoms with Gasteiger partial charge in [-0.15, -0.1) is 0 Å². The minimum absolute atomic E-state index is 0.0204. The number of carbonyl (C=O) groups excluding carboxylic acids is 3. The summed E-state index contributed by atoms with van der Waals surface area (Å²) in [5.41, 5.74) is -0.162. The van der Waals surface area contributed by atoms with Gasteiger partial charge in [-0.25, -0.2) is 4.79 Å². The highest BCUT2D eigenvalue weighted by molar-refractivity contribution is 5.92. The third kappa shape index (κ3) is 7.45. The number of hydrogen-bond acceptors (Lipinski definition) is 5. The highest BCUT2D eigenvalue weighted by Crippen LogP contribution is 2.36. The number of rotatable bonds is 9. The molecule has 0 radical (unpaired) electrons. The highest BCUT2D eigenvalue weighted by Gasteiger charge is 2.43. The second-order valence-electron chi connectivity index (χ2n) is 8.99. The van der Waals surface area contributed by atoms with Crippen molar-refractivity contribution in [2.75, 3.05) is 6.54 Å². The summed E-state index contributed by atoms with van der Waals surface area (Å²) in [6.07, 6.45) is 2.63. The van der Waals surface area contributed by atoms with E-state index in [0.29, 0.717) is 12.1 Å². The summed E-state index contributed by atoms with van der Waals surface area (Å²) in [4.78, 5) is 40.2. The molecule has 1 aliphatic carbocycles. The van der Waals surface area contributed by atoms with Gasteiger partial charge < -0.3 is 25.4 Å². The maximum Gasteiger partial charge on any atom is 0.408 e. The minimum atomic E-state index is -0.896. The molecule has 8 heteroatoms. The summed E-state index contributed by atoms with van der Waals surface area (Å²) < 4.78 is 5.26. The third-order valence-corrected chi connectivity index (χ3v) is 4.84. The summed E-state index contributed by atoms with van der Waals surface area (Å²) >= 11 is 0. The van der Waals surface area contributed by atoms with Crippen molar-refractivity contribution >= 4 is 17.9 Å². The van der Waals surface area contributed by atoms with Crippen LogP contribution in [0.15, 0.2) is 24.3 Å². The molecular weight excluding hydrogens is 398 g/mol. The molecule has 0 saturated heterocycles. The van der Waals surface area contributed by atoms with Crippen LogP contribution in [0.4, 0.5) is 4.79 Å². The monoisotopic (exact) mass is 433 g/mol. The van der Waals surface area contributed by atoms with Crippen LogP contribution in [-0.2, 0) is 14.3 Å². The minimum Gasteiger partial charge on any atom is -0.508 e. The lowest BCUT2D eigenvalue weighted by atomic mass is 10.0. The number of carbonyl (C=O) groups is 3. The van der Waals surface area contributed by atoms with E-state index in [0.717, 1.165) is 25.7 Å². The molecule has 2 rings (SSSR count). The number of hydrogen-bond donors (Lipinski definition) is 3. The Morgan fingerprint density at radius 3 is 2.48 bits per heavy atom. The Kier molecular flexibility index (Phi) is 8.30. The van der Waals surface area contributed by atoms with Crippen LogP contribution in [0.1, 0.15) is 71.9 Å². The summed E-state index contributed by atoms with van der Waals surface area (Å²) in [7, 11) is 0. The molecule has 0 spiro atoms. The number of nitrogens with zero attached hydrogens (tertiary/aromatic N) is 1. The lowest BCUT2D eigenvalue weighted by Crippen LogP contribution is -2.52. The lowest BCUT2D eigenvalue weighted by molar-refractivity contribution is -0.142. The molecule has 172 valence electrons. The van der Waals surface area contributed by atoms with Crippen LogP contribution < -0.4 is 10.6 Å². The van der Waals surface area contributed by atoms with Crippen LogP contribution in [0.2, 0.25) is 0 Å². The van der Waals surface area contributed by atoms with E-state index < -0.39 is 23.8 Å². The van der Waals surface area contributed by atoms with E-state index in [1.54, 1.807) is 39.8 Å². The van der Waals surface area contributed by atoms with Gasteiger partial charge in [-0.05, 0) is 64.7 Å². The molecule has 2 atom stereocenters. The lowest BCUT2D eigenvalue weighted by Gasteiger charge is -2.34. The van der Waals surface area contributed by atoms with Gasteiger partial charge in [0.15, 0.2) is 0 Å². The first-order valence-electron chi connectivity index (χ1n) is 10.9. The van der Waals surface area contributed by atoms with E-state index in [1.165, 1.54) is 17.0 Å². The SMILES string of the molecule is CCCCNC(=O)C(c1cccc(O)c1)N(C(=O)C(C)NC(=O)OC(C)(C)C)C1CC1. The van der Waals surface area contributed by atoms with Gasteiger partial charge in [0.05, 0.1) is 0 Å². The van der Waals surface area contributed by atoms with Gasteiger partial charge >= 0.3 is 6.09 Å². The van der Waals surface area contributed by atoms with Crippen LogP contribution >= 0.6 is 0 Å². The van der Waals surface area contributed by atoms with Crippen LogP contribution in [0.5, 0.6) is 5.75 Å². The van der Waals surface area contributed by atoms with Crippen LogP contribution in [-0.4, -0.2) is 52.1 Å². The van der Waals surface area contributed by atoms with E-state index in [4.69, 9.17) is 4.74 Å². The fourth-order valence-electron chi connectivity index (χ4n) is 3.26. The maximum absolute atomic E-state index is 13.4. The first-order chi connectivity index (χ1) is 14.5. The zero-order valence-electron chi connectivity index (χ0n) is 19.1. The Morgan fingerprint density at radius 1 is 1.26 bits per heavy atom. The second kappa shape index (κ2) is 10.5. The molecule has 8 nitrogen and oxygen atoms in total. The highest BCUT2D eigenvalue weighted by atomic mass is 16.6. The van der Waals surface area contributed by atoms with Crippen LogP contribution in [0.25, 0.3) is 0 Å². The average molecular weight is 434 g/mol. The van der Waals surface area contributed by atoms with E-state index in [1.807, 2.05) is 6.92 Å². The number of ether oxygens (including phenoxy) is 1. The van der Waals surface area contributed by atoms with Crippen molar-refractivity contribution in [3.05, 3.63) is 29.8 Å². The van der Waals surface area contributed by atoms with Crippen molar-refractivity contribution in [3.63, 3.8) is 0 Å². The molecule has 1 fully saturated rings. The van der Waals surface area contributed by atoms with Gasteiger partial charge in [0.1, 0.15) is 23.4 Å². The summed E-state index contributed by atoms with van der Waals surface area (Å²) in [5.74, 6) is -0.650. The fourth-order valence-corrected chi connectivity index (χ4v) is 3.26. The smallest absolute Gasteiger partial charge is 0.408 e. The Balaban J connectivity index is 2.27. The van der Waals surface area contributed by atoms with Crippen molar-refractivity contribution in [2.24, 2.45) is 0 Å². The predicted octanol–water partition coefficient (Wildman–Crippen LogP) is 3.25. The first kappa shape index (κ1) is 24.5. The van der Waals surface area contributed by atoms with Crippen molar-refractivity contribution < 1.29 is 24.2 Å². The van der Waals surface area contributed by atoms with Crippen molar-refractivity contribution in [2.45, 2.75) is 84.0 Å². The summed E-state index contributed by atoms with van der Waals surface area (Å²) in [6.45, 7) is 9.35. The molecular formula is C23H35N3O5. The molecule has 2 unspecified atom stereocenters. The summed E-state index contributed by atoms with van der Waals surface area (Å²) in [6, 6.07) is 4.52. The number of benzene rings is 1. The van der Waals surface area contributed by atoms with Gasteiger partial charge in [-0.3, -0.25) is 9.59 Å². The molecule has 0 aromatic heterocycles. The molecule has 31 heavy (non-hydrogen) atoms. The first-order valence-corrected chi connectivity index (χ1v) is 10.9. The Bertz CT molecular complexity index is 786. The van der Waals surface area contributed by atoms with Crippen molar-refractivity contribution in [1.29, 1.82) is 0 Å². The number of phenols is 1. The quantitative estimate of drug-likeness (QED) is 0.518. The molecule has 0 bridgehead atoms. The Morgan fingerprint density at radius 2 is 1.94 bits per heavy atom. The second-order valence-corrected chi connectivity index (χ2v) is 8.99. The number of unbranched alkanes of at least 4 members (excludes halogenated alkanes) is 1.